The predicted octanol–water partition coefficient (Wildman–Crippen LogP) is 2.59. The topological polar surface area (TPSA) is 30.7 Å². The maximum Gasteiger partial charge on any atom is 0.218 e. The number of rotatable bonds is 1. The molecule has 0 aliphatic carbocycles. The third kappa shape index (κ3) is 2.10. The molecule has 0 spiro atoms. The summed E-state index contributed by atoms with van der Waals surface area (Å²) in [7, 11) is 0. The highest BCUT2D eigenvalue weighted by molar-refractivity contribution is 14.2. The summed E-state index contributed by atoms with van der Waals surface area (Å²) < 4.78 is 3.16. The van der Waals surface area contributed by atoms with Crippen LogP contribution in [0.4, 0.5) is 0 Å². The quantitative estimate of drug-likeness (QED) is 0.550. The van der Waals surface area contributed by atoms with Gasteiger partial charge >= 0.3 is 0 Å². The molecule has 3 nitrogen and oxygen atoms in total. The zero-order chi connectivity index (χ0) is 6.85. The Morgan fingerprint density at radius 1 is 1.56 bits per heavy atom. The average molecular weight is 385 g/mol. The molecule has 1 unspecified atom stereocenters. The van der Waals surface area contributed by atoms with Crippen LogP contribution >= 0.6 is 60.3 Å². The molecule has 1 atom stereocenters. The molecule has 0 radical (unpaired) electrons. The number of hydrogen-bond donors (Lipinski definition) is 0. The molecule has 1 aromatic rings. The molecule has 7 heteroatoms. The van der Waals surface area contributed by atoms with Crippen molar-refractivity contribution in [1.29, 1.82) is 0 Å². The molecule has 0 aromatic carbocycles. The monoisotopic (exact) mass is 383 g/mol. The van der Waals surface area contributed by atoms with E-state index in [4.69, 9.17) is 0 Å². The second-order valence-electron chi connectivity index (χ2n) is 1.15. The SMILES string of the molecule is Brc1nc(Br)n(PI)n1. The zero-order valence-electron chi connectivity index (χ0n) is 3.98. The van der Waals surface area contributed by atoms with Gasteiger partial charge in [0.2, 0.25) is 4.73 Å². The van der Waals surface area contributed by atoms with E-state index in [2.05, 4.69) is 64.0 Å². The van der Waals surface area contributed by atoms with Crippen molar-refractivity contribution in [2.24, 2.45) is 0 Å². The molecule has 0 aliphatic rings. The Morgan fingerprint density at radius 3 is 2.44 bits per heavy atom. The molecule has 1 aromatic heterocycles. The molecule has 0 bridgehead atoms. The minimum atomic E-state index is 0.586. The van der Waals surface area contributed by atoms with E-state index in [9.17, 15) is 0 Å². The third-order valence-corrected chi connectivity index (χ3v) is 3.64. The number of hydrogen-bond acceptors (Lipinski definition) is 2. The highest BCUT2D eigenvalue weighted by atomic mass is 127. The molecular formula is C2HBr2IN3P. The molecule has 0 saturated carbocycles. The van der Waals surface area contributed by atoms with Crippen molar-refractivity contribution >= 4 is 60.3 Å². The third-order valence-electron chi connectivity index (χ3n) is 0.622. The van der Waals surface area contributed by atoms with Gasteiger partial charge in [0.1, 0.15) is 0 Å². The van der Waals surface area contributed by atoms with Crippen molar-refractivity contribution in [2.45, 2.75) is 0 Å². The van der Waals surface area contributed by atoms with Gasteiger partial charge in [0.15, 0.2) is 4.73 Å². The van der Waals surface area contributed by atoms with Crippen LogP contribution in [0.1, 0.15) is 0 Å². The molecule has 0 N–H and O–H groups in total. The van der Waals surface area contributed by atoms with E-state index in [1.165, 1.54) is 0 Å². The Bertz CT molecular complexity index is 214. The Hall–Kier alpha value is 1.26. The van der Waals surface area contributed by atoms with Crippen molar-refractivity contribution in [3.05, 3.63) is 9.47 Å². The number of halogens is 3. The lowest BCUT2D eigenvalue weighted by Crippen LogP contribution is -1.81. The van der Waals surface area contributed by atoms with Crippen molar-refractivity contribution < 1.29 is 0 Å². The first kappa shape index (κ1) is 8.36. The number of nitrogens with zero attached hydrogens (tertiary/aromatic N) is 3. The summed E-state index contributed by atoms with van der Waals surface area (Å²) in [6.07, 6.45) is 0.586. The van der Waals surface area contributed by atoms with Gasteiger partial charge in [-0.3, -0.25) is 0 Å². The maximum absolute atomic E-state index is 4.01. The predicted molar refractivity (Wildman–Crippen MR) is 53.2 cm³/mol. The van der Waals surface area contributed by atoms with E-state index in [0.29, 0.717) is 11.1 Å². The van der Waals surface area contributed by atoms with Crippen LogP contribution in [0.15, 0.2) is 9.47 Å². The normalized spacial score (nSPS) is 11.4. The fraction of sp³-hybridized carbons (Fsp3) is 0. The van der Waals surface area contributed by atoms with E-state index in [-0.39, 0.29) is 0 Å². The van der Waals surface area contributed by atoms with Crippen molar-refractivity contribution in [1.82, 2.24) is 14.5 Å². The molecular weight excluding hydrogens is 384 g/mol. The minimum Gasteiger partial charge on any atom is -0.211 e. The van der Waals surface area contributed by atoms with Crippen LogP contribution in [-0.4, -0.2) is 14.5 Å². The summed E-state index contributed by atoms with van der Waals surface area (Å²) >= 11 is 8.62. The van der Waals surface area contributed by atoms with E-state index < -0.39 is 0 Å². The van der Waals surface area contributed by atoms with Crippen LogP contribution in [-0.2, 0) is 0 Å². The average Bonchev–Trinajstić information content (AvgIpc) is 2.10. The molecule has 9 heavy (non-hydrogen) atoms. The Labute approximate surface area is 83.6 Å². The Morgan fingerprint density at radius 2 is 2.22 bits per heavy atom. The number of aromatic nitrogens is 3. The smallest absolute Gasteiger partial charge is 0.211 e. The summed E-state index contributed by atoms with van der Waals surface area (Å²) in [6.45, 7) is 0. The highest BCUT2D eigenvalue weighted by Gasteiger charge is 2.01. The van der Waals surface area contributed by atoms with Crippen molar-refractivity contribution in [3.8, 4) is 0 Å². The molecule has 0 fully saturated rings. The van der Waals surface area contributed by atoms with Gasteiger partial charge in [0, 0.05) is 0 Å². The van der Waals surface area contributed by atoms with Crippen molar-refractivity contribution in [2.75, 3.05) is 0 Å². The second kappa shape index (κ2) is 3.59. The summed E-state index contributed by atoms with van der Waals surface area (Å²) in [4.78, 5) is 3.97. The highest BCUT2D eigenvalue weighted by Crippen LogP contribution is 2.27. The molecule has 1 heterocycles. The first-order valence-corrected chi connectivity index (χ1v) is 7.53. The first-order chi connectivity index (χ1) is 4.24. The van der Waals surface area contributed by atoms with Crippen LogP contribution < -0.4 is 0 Å². The molecule has 0 saturated heterocycles. The molecule has 0 amide bonds. The van der Waals surface area contributed by atoms with Gasteiger partial charge in [-0.1, -0.05) is 0 Å². The summed E-state index contributed by atoms with van der Waals surface area (Å²) in [5, 5.41) is 4.01. The van der Waals surface area contributed by atoms with Crippen LogP contribution in [0.5, 0.6) is 0 Å². The minimum absolute atomic E-state index is 0.586. The Kier molecular flexibility index (Phi) is 3.34. The fourth-order valence-corrected chi connectivity index (χ4v) is 3.80. The van der Waals surface area contributed by atoms with E-state index in [1.54, 1.807) is 4.45 Å². The largest absolute Gasteiger partial charge is 0.218 e. The maximum atomic E-state index is 4.01. The molecule has 0 aliphatic heterocycles. The van der Waals surface area contributed by atoms with Gasteiger partial charge in [0.05, 0.1) is 6.37 Å². The van der Waals surface area contributed by atoms with Crippen molar-refractivity contribution in [3.63, 3.8) is 0 Å². The van der Waals surface area contributed by atoms with Gasteiger partial charge in [0.25, 0.3) is 0 Å². The lowest BCUT2D eigenvalue weighted by molar-refractivity contribution is 0.975. The second-order valence-corrected chi connectivity index (χ2v) is 4.60. The van der Waals surface area contributed by atoms with Crippen LogP contribution in [0.3, 0.4) is 0 Å². The van der Waals surface area contributed by atoms with Gasteiger partial charge < -0.3 is 0 Å². The van der Waals surface area contributed by atoms with Crippen LogP contribution in [0.25, 0.3) is 0 Å². The lowest BCUT2D eigenvalue weighted by atomic mass is 11.3. The van der Waals surface area contributed by atoms with E-state index in [1.807, 2.05) is 0 Å². The van der Waals surface area contributed by atoms with E-state index in [0.717, 1.165) is 4.73 Å². The first-order valence-electron chi connectivity index (χ1n) is 1.88. The summed E-state index contributed by atoms with van der Waals surface area (Å²) in [5.41, 5.74) is 0. The lowest BCUT2D eigenvalue weighted by Gasteiger charge is -1.89. The summed E-state index contributed by atoms with van der Waals surface area (Å²) in [5.74, 6) is 0. The van der Waals surface area contributed by atoms with Gasteiger partial charge in [-0.05, 0) is 53.9 Å². The van der Waals surface area contributed by atoms with Gasteiger partial charge in [-0.15, -0.1) is 5.10 Å². The molecule has 1 rings (SSSR count). The fourth-order valence-electron chi connectivity index (χ4n) is 0.323. The van der Waals surface area contributed by atoms with Crippen LogP contribution in [0, 0.1) is 0 Å². The van der Waals surface area contributed by atoms with Crippen LogP contribution in [0.2, 0.25) is 0 Å². The Balaban J connectivity index is 3.01. The van der Waals surface area contributed by atoms with E-state index >= 15 is 0 Å². The van der Waals surface area contributed by atoms with Gasteiger partial charge in [-0.25, -0.2) is 4.45 Å². The molecule has 50 valence electrons. The van der Waals surface area contributed by atoms with Gasteiger partial charge in [-0.2, -0.15) is 4.98 Å². The summed E-state index contributed by atoms with van der Waals surface area (Å²) in [6, 6.07) is 0. The zero-order valence-corrected chi connectivity index (χ0v) is 10.3. The standard InChI is InChI=1S/C2HBr2IN3P/c3-1-6-2(4)8(7-1)9-5/h9H.